The van der Waals surface area contributed by atoms with Crippen LogP contribution in [0.4, 0.5) is 0 Å². The first-order valence-corrected chi connectivity index (χ1v) is 32.6. The maximum Gasteiger partial charge on any atom is 0.129 e. The van der Waals surface area contributed by atoms with Crippen LogP contribution in [0.2, 0.25) is 39.3 Å². The van der Waals surface area contributed by atoms with Crippen LogP contribution in [0, 0.1) is 47.6 Å². The number of fused-ring (bicyclic) bond motifs is 8. The van der Waals surface area contributed by atoms with Crippen LogP contribution in [0.1, 0.15) is 97.9 Å². The standard InChI is InChI=1S/C34H37NSSi2.C28H21NS/c1-9-34(10-2)29-21-24(17-19-37(3,4)5)11-14-27(29)28-15-13-26(23-30(28)34)33-35-31-16-12-25(22-32(31)36-33)18-20-38(6,7)8;1-5-18-9-12-21-22-13-11-20(17-24(22)28(7-3,8-4)23(21)15-18)27-29-25-14-10-19(6-2)16-26(25)30-27/h11-16,21-23H,9-10H2,1-8H3;1-2,9-17H,7-8H2,3-4H3. The van der Waals surface area contributed by atoms with Gasteiger partial charge in [0, 0.05) is 44.2 Å². The molecule has 0 fully saturated rings. The third-order valence-electron chi connectivity index (χ3n) is 13.9. The first kappa shape index (κ1) is 46.9. The third kappa shape index (κ3) is 8.51. The van der Waals surface area contributed by atoms with E-state index in [1.165, 1.54) is 54.8 Å². The van der Waals surface area contributed by atoms with E-state index in [9.17, 15) is 0 Å². The lowest BCUT2D eigenvalue weighted by atomic mass is 9.73. The zero-order chi connectivity index (χ0) is 48.2. The van der Waals surface area contributed by atoms with E-state index in [2.05, 4.69) is 193 Å². The van der Waals surface area contributed by atoms with E-state index in [1.807, 2.05) is 18.2 Å². The minimum absolute atomic E-state index is 0.00775. The molecule has 68 heavy (non-hydrogen) atoms. The molecule has 2 heterocycles. The molecule has 2 aromatic heterocycles. The monoisotopic (exact) mass is 950 g/mol. The smallest absolute Gasteiger partial charge is 0.129 e. The molecular formula is C62H58N2S2Si2. The molecule has 0 aliphatic heterocycles. The molecule has 0 saturated carbocycles. The van der Waals surface area contributed by atoms with E-state index in [-0.39, 0.29) is 10.8 Å². The first-order valence-electron chi connectivity index (χ1n) is 24.0. The minimum Gasteiger partial charge on any atom is -0.236 e. The van der Waals surface area contributed by atoms with Crippen molar-refractivity contribution in [2.75, 3.05) is 0 Å². The third-order valence-corrected chi connectivity index (χ3v) is 17.8. The summed E-state index contributed by atoms with van der Waals surface area (Å²) in [6.07, 6.45) is 15.5. The SMILES string of the molecule is C#Cc1ccc2c(c1)C(CC)(CC)c1cc(-c3nc4ccc(C#C)cc4s3)ccc1-2.CCC1(CC)c2cc(C#C[Si](C)(C)C)ccc2-c2ccc(-c3nc4ccc(C#C[Si](C)(C)C)cc4s3)cc21. The number of benzene rings is 6. The Balaban J connectivity index is 0.000000174. The van der Waals surface area contributed by atoms with Gasteiger partial charge in [-0.3, -0.25) is 0 Å². The summed E-state index contributed by atoms with van der Waals surface area (Å²) in [5.41, 5.74) is 26.5. The number of hydrogen-bond donors (Lipinski definition) is 0. The van der Waals surface area contributed by atoms with Crippen LogP contribution in [-0.2, 0) is 10.8 Å². The van der Waals surface area contributed by atoms with Gasteiger partial charge in [0.15, 0.2) is 0 Å². The van der Waals surface area contributed by atoms with Gasteiger partial charge in [0.25, 0.3) is 0 Å². The van der Waals surface area contributed by atoms with Gasteiger partial charge in [-0.1, -0.05) is 127 Å². The second-order valence-electron chi connectivity index (χ2n) is 20.3. The summed E-state index contributed by atoms with van der Waals surface area (Å²) in [5.74, 6) is 12.4. The zero-order valence-corrected chi connectivity index (χ0v) is 44.7. The van der Waals surface area contributed by atoms with Crippen LogP contribution in [0.15, 0.2) is 109 Å². The highest BCUT2D eigenvalue weighted by Gasteiger charge is 2.42. The fraction of sp³-hybridized carbons (Fsp3) is 0.258. The van der Waals surface area contributed by atoms with Crippen molar-refractivity contribution in [2.45, 2.75) is 103 Å². The summed E-state index contributed by atoms with van der Waals surface area (Å²) >= 11 is 3.47. The summed E-state index contributed by atoms with van der Waals surface area (Å²) in [6, 6.07) is 39.6. The maximum absolute atomic E-state index is 5.71. The van der Waals surface area contributed by atoms with Gasteiger partial charge in [-0.2, -0.15) is 0 Å². The quantitative estimate of drug-likeness (QED) is 0.123. The second kappa shape index (κ2) is 18.0. The van der Waals surface area contributed by atoms with Crippen LogP contribution in [-0.4, -0.2) is 26.1 Å². The second-order valence-corrected chi connectivity index (χ2v) is 31.9. The van der Waals surface area contributed by atoms with Crippen molar-refractivity contribution >= 4 is 59.3 Å². The molecule has 0 N–H and O–H groups in total. The van der Waals surface area contributed by atoms with Crippen LogP contribution in [0.5, 0.6) is 0 Å². The maximum atomic E-state index is 5.71. The Labute approximate surface area is 414 Å². The van der Waals surface area contributed by atoms with Crippen molar-refractivity contribution in [3.05, 3.63) is 154 Å². The average molecular weight is 951 g/mol. The van der Waals surface area contributed by atoms with Gasteiger partial charge >= 0.3 is 0 Å². The van der Waals surface area contributed by atoms with Gasteiger partial charge < -0.3 is 0 Å². The number of terminal acetylenes is 2. The Kier molecular flexibility index (Phi) is 12.4. The summed E-state index contributed by atoms with van der Waals surface area (Å²) < 4.78 is 2.33. The van der Waals surface area contributed by atoms with Crippen LogP contribution >= 0.6 is 22.7 Å². The molecule has 2 aliphatic carbocycles. The van der Waals surface area contributed by atoms with Gasteiger partial charge in [-0.25, -0.2) is 9.97 Å². The van der Waals surface area contributed by atoms with E-state index in [0.29, 0.717) is 0 Å². The number of aromatic nitrogens is 2. The van der Waals surface area contributed by atoms with Gasteiger partial charge in [0.1, 0.15) is 26.2 Å². The lowest BCUT2D eigenvalue weighted by molar-refractivity contribution is 0.490. The van der Waals surface area contributed by atoms with Crippen molar-refractivity contribution in [3.8, 4) is 91.0 Å². The molecule has 0 atom stereocenters. The van der Waals surface area contributed by atoms with Crippen LogP contribution in [0.3, 0.4) is 0 Å². The molecule has 6 aromatic carbocycles. The number of rotatable bonds is 6. The lowest BCUT2D eigenvalue weighted by Gasteiger charge is -2.30. The Hall–Kier alpha value is -6.23. The highest BCUT2D eigenvalue weighted by molar-refractivity contribution is 7.22. The first-order chi connectivity index (χ1) is 32.5. The summed E-state index contributed by atoms with van der Waals surface area (Å²) in [6.45, 7) is 23.0. The topological polar surface area (TPSA) is 25.8 Å². The highest BCUT2D eigenvalue weighted by Crippen LogP contribution is 2.55. The largest absolute Gasteiger partial charge is 0.236 e. The Morgan fingerprint density at radius 1 is 0.441 bits per heavy atom. The summed E-state index contributed by atoms with van der Waals surface area (Å²) in [4.78, 5) is 9.92. The molecule has 6 heteroatoms. The van der Waals surface area contributed by atoms with E-state index < -0.39 is 16.1 Å². The predicted octanol–water partition coefficient (Wildman–Crippen LogP) is 16.5. The van der Waals surface area contributed by atoms with Crippen LogP contribution < -0.4 is 0 Å². The van der Waals surface area contributed by atoms with Gasteiger partial charge in [0.05, 0.1) is 20.4 Å². The molecule has 0 saturated heterocycles. The molecule has 0 radical (unpaired) electrons. The van der Waals surface area contributed by atoms with E-state index in [0.717, 1.165) is 79.2 Å². The highest BCUT2D eigenvalue weighted by atomic mass is 32.1. The summed E-state index contributed by atoms with van der Waals surface area (Å²) in [5, 5.41) is 2.11. The Morgan fingerprint density at radius 2 is 0.779 bits per heavy atom. The molecule has 0 unspecified atom stereocenters. The predicted molar refractivity (Wildman–Crippen MR) is 300 cm³/mol. The molecule has 0 bridgehead atoms. The van der Waals surface area contributed by atoms with E-state index >= 15 is 0 Å². The van der Waals surface area contributed by atoms with Crippen molar-refractivity contribution < 1.29 is 0 Å². The van der Waals surface area contributed by atoms with Gasteiger partial charge in [-0.05, 0) is 143 Å². The van der Waals surface area contributed by atoms with Gasteiger partial charge in [0.2, 0.25) is 0 Å². The van der Waals surface area contributed by atoms with Crippen molar-refractivity contribution in [1.29, 1.82) is 0 Å². The Morgan fingerprint density at radius 3 is 1.21 bits per heavy atom. The van der Waals surface area contributed by atoms with Crippen molar-refractivity contribution in [1.82, 2.24) is 9.97 Å². The van der Waals surface area contributed by atoms with Crippen molar-refractivity contribution in [3.63, 3.8) is 0 Å². The summed E-state index contributed by atoms with van der Waals surface area (Å²) in [7, 11) is -2.84. The lowest BCUT2D eigenvalue weighted by Crippen LogP contribution is -2.23. The fourth-order valence-corrected chi connectivity index (χ4v) is 13.3. The van der Waals surface area contributed by atoms with E-state index in [4.69, 9.17) is 22.8 Å². The molecule has 2 nitrogen and oxygen atoms in total. The molecule has 0 amide bonds. The number of hydrogen-bond acceptors (Lipinski definition) is 4. The molecule has 10 rings (SSSR count). The molecular weight excluding hydrogens is 893 g/mol. The number of thiazole rings is 2. The van der Waals surface area contributed by atoms with Crippen molar-refractivity contribution in [2.24, 2.45) is 0 Å². The molecule has 2 aliphatic rings. The minimum atomic E-state index is -1.43. The van der Waals surface area contributed by atoms with Gasteiger partial charge in [-0.15, -0.1) is 46.6 Å². The molecule has 8 aromatic rings. The van der Waals surface area contributed by atoms with Crippen LogP contribution in [0.25, 0.3) is 63.8 Å². The molecule has 336 valence electrons. The number of nitrogens with zero attached hydrogens (tertiary/aromatic N) is 2. The fourth-order valence-electron chi connectivity index (χ4n) is 10.2. The normalized spacial score (nSPS) is 13.6. The average Bonchev–Trinajstić information content (AvgIpc) is 4.10. The Bertz CT molecular complexity index is 3530. The molecule has 0 spiro atoms. The van der Waals surface area contributed by atoms with E-state index in [1.54, 1.807) is 22.7 Å². The zero-order valence-electron chi connectivity index (χ0n) is 41.1.